The first kappa shape index (κ1) is 12.2. The van der Waals surface area contributed by atoms with Crippen LogP contribution in [0.15, 0.2) is 16.0 Å². The summed E-state index contributed by atoms with van der Waals surface area (Å²) in [5, 5.41) is 16.8. The lowest BCUT2D eigenvalue weighted by Gasteiger charge is -1.98. The van der Waals surface area contributed by atoms with Gasteiger partial charge in [-0.25, -0.2) is 9.78 Å². The minimum Gasteiger partial charge on any atom is -0.476 e. The van der Waals surface area contributed by atoms with E-state index in [-0.39, 0.29) is 18.0 Å². The van der Waals surface area contributed by atoms with Crippen LogP contribution in [0, 0.1) is 6.92 Å². The number of hydrogen-bond donors (Lipinski definition) is 2. The summed E-state index contributed by atoms with van der Waals surface area (Å²) in [6, 6.07) is 1.51. The maximum atomic E-state index is 11.6. The summed E-state index contributed by atoms with van der Waals surface area (Å²) in [5.74, 6) is -1.39. The quantitative estimate of drug-likeness (QED) is 0.858. The molecule has 2 heterocycles. The highest BCUT2D eigenvalue weighted by molar-refractivity contribution is 7.09. The molecule has 2 aromatic heterocycles. The molecule has 0 atom stereocenters. The second-order valence-electron chi connectivity index (χ2n) is 3.45. The number of aryl methyl sites for hydroxylation is 1. The Morgan fingerprint density at radius 2 is 2.33 bits per heavy atom. The second-order valence-corrected chi connectivity index (χ2v) is 4.39. The Labute approximate surface area is 105 Å². The molecule has 0 spiro atoms. The number of carbonyl (C=O) groups excluding carboxylic acids is 1. The SMILES string of the molecule is Cc1cc(C(=O)NCc2nc(C(=O)O)cs2)on1. The number of carboxylic acids is 1. The molecular weight excluding hydrogens is 258 g/mol. The first-order valence-electron chi connectivity index (χ1n) is 4.95. The minimum atomic E-state index is -1.09. The summed E-state index contributed by atoms with van der Waals surface area (Å²) < 4.78 is 4.78. The van der Waals surface area contributed by atoms with Gasteiger partial charge in [-0.2, -0.15) is 0 Å². The zero-order chi connectivity index (χ0) is 13.1. The fraction of sp³-hybridized carbons (Fsp3) is 0.200. The lowest BCUT2D eigenvalue weighted by Crippen LogP contribution is -2.22. The van der Waals surface area contributed by atoms with Crippen LogP contribution in [0.4, 0.5) is 0 Å². The Bertz CT molecular complexity index is 589. The van der Waals surface area contributed by atoms with E-state index in [1.54, 1.807) is 6.92 Å². The van der Waals surface area contributed by atoms with Crippen LogP contribution in [0.5, 0.6) is 0 Å². The molecule has 0 aliphatic rings. The van der Waals surface area contributed by atoms with E-state index in [1.165, 1.54) is 22.8 Å². The van der Waals surface area contributed by atoms with E-state index in [0.717, 1.165) is 0 Å². The molecule has 0 aromatic carbocycles. The Morgan fingerprint density at radius 1 is 1.56 bits per heavy atom. The second kappa shape index (κ2) is 4.96. The van der Waals surface area contributed by atoms with Crippen molar-refractivity contribution in [2.24, 2.45) is 0 Å². The first-order chi connectivity index (χ1) is 8.56. The summed E-state index contributed by atoms with van der Waals surface area (Å²) in [5.41, 5.74) is 0.585. The molecular formula is C10H9N3O4S. The van der Waals surface area contributed by atoms with Crippen LogP contribution < -0.4 is 5.32 Å². The van der Waals surface area contributed by atoms with Gasteiger partial charge in [-0.3, -0.25) is 4.79 Å². The van der Waals surface area contributed by atoms with Crippen LogP contribution in [-0.2, 0) is 6.54 Å². The molecule has 1 amide bonds. The van der Waals surface area contributed by atoms with Gasteiger partial charge in [0.25, 0.3) is 5.91 Å². The van der Waals surface area contributed by atoms with Gasteiger partial charge < -0.3 is 14.9 Å². The number of nitrogens with zero attached hydrogens (tertiary/aromatic N) is 2. The molecule has 8 heteroatoms. The monoisotopic (exact) mass is 267 g/mol. The molecule has 0 fully saturated rings. The van der Waals surface area contributed by atoms with Crippen molar-refractivity contribution in [1.82, 2.24) is 15.5 Å². The number of nitrogens with one attached hydrogen (secondary N) is 1. The summed E-state index contributed by atoms with van der Waals surface area (Å²) in [6.07, 6.45) is 0. The van der Waals surface area contributed by atoms with E-state index >= 15 is 0 Å². The number of rotatable bonds is 4. The summed E-state index contributed by atoms with van der Waals surface area (Å²) in [6.45, 7) is 1.86. The fourth-order valence-corrected chi connectivity index (χ4v) is 1.91. The first-order valence-corrected chi connectivity index (χ1v) is 5.83. The average Bonchev–Trinajstić information content (AvgIpc) is 2.94. The van der Waals surface area contributed by atoms with Gasteiger partial charge >= 0.3 is 5.97 Å². The smallest absolute Gasteiger partial charge is 0.355 e. The Kier molecular flexibility index (Phi) is 3.38. The molecule has 0 radical (unpaired) electrons. The van der Waals surface area contributed by atoms with Crippen molar-refractivity contribution in [2.75, 3.05) is 0 Å². The summed E-state index contributed by atoms with van der Waals surface area (Å²) in [4.78, 5) is 26.0. The molecule has 0 saturated heterocycles. The number of amides is 1. The third kappa shape index (κ3) is 2.72. The third-order valence-corrected chi connectivity index (χ3v) is 2.87. The van der Waals surface area contributed by atoms with Gasteiger partial charge in [-0.1, -0.05) is 5.16 Å². The minimum absolute atomic E-state index is 0.0280. The highest BCUT2D eigenvalue weighted by Crippen LogP contribution is 2.10. The van der Waals surface area contributed by atoms with Crippen molar-refractivity contribution in [3.8, 4) is 0 Å². The highest BCUT2D eigenvalue weighted by Gasteiger charge is 2.13. The molecule has 0 unspecified atom stereocenters. The van der Waals surface area contributed by atoms with Crippen molar-refractivity contribution in [3.63, 3.8) is 0 Å². The standard InChI is InChI=1S/C10H9N3O4S/c1-5-2-7(17-13-5)9(14)11-3-8-12-6(4-18-8)10(15)16/h2,4H,3H2,1H3,(H,11,14)(H,15,16). The Hall–Kier alpha value is -2.22. The Balaban J connectivity index is 1.95. The van der Waals surface area contributed by atoms with Crippen molar-refractivity contribution in [2.45, 2.75) is 13.5 Å². The molecule has 2 rings (SSSR count). The van der Waals surface area contributed by atoms with E-state index < -0.39 is 11.9 Å². The third-order valence-electron chi connectivity index (χ3n) is 2.02. The van der Waals surface area contributed by atoms with Crippen LogP contribution in [0.2, 0.25) is 0 Å². The lowest BCUT2D eigenvalue weighted by molar-refractivity contribution is 0.0691. The van der Waals surface area contributed by atoms with E-state index in [1.807, 2.05) is 0 Å². The topological polar surface area (TPSA) is 105 Å². The normalized spacial score (nSPS) is 10.3. The van der Waals surface area contributed by atoms with Crippen LogP contribution in [-0.4, -0.2) is 27.1 Å². The predicted molar refractivity (Wildman–Crippen MR) is 61.5 cm³/mol. The summed E-state index contributed by atoms with van der Waals surface area (Å²) in [7, 11) is 0. The number of aromatic nitrogens is 2. The summed E-state index contributed by atoms with van der Waals surface area (Å²) >= 11 is 1.17. The predicted octanol–water partition coefficient (Wildman–Crippen LogP) is 1.07. The maximum absolute atomic E-state index is 11.6. The average molecular weight is 267 g/mol. The zero-order valence-electron chi connectivity index (χ0n) is 9.34. The number of hydrogen-bond acceptors (Lipinski definition) is 6. The molecule has 0 aliphatic carbocycles. The molecule has 0 saturated carbocycles. The van der Waals surface area contributed by atoms with Gasteiger partial charge in [0, 0.05) is 11.4 Å². The molecule has 94 valence electrons. The van der Waals surface area contributed by atoms with Crippen LogP contribution in [0.3, 0.4) is 0 Å². The number of thiazole rings is 1. The number of carboxylic acid groups (broad SMARTS) is 1. The maximum Gasteiger partial charge on any atom is 0.355 e. The van der Waals surface area contributed by atoms with Gasteiger partial charge in [-0.05, 0) is 6.92 Å². The molecule has 0 bridgehead atoms. The zero-order valence-corrected chi connectivity index (χ0v) is 10.2. The van der Waals surface area contributed by atoms with Crippen molar-refractivity contribution in [3.05, 3.63) is 33.6 Å². The van der Waals surface area contributed by atoms with Gasteiger partial charge in [0.15, 0.2) is 5.69 Å². The molecule has 0 aliphatic heterocycles. The van der Waals surface area contributed by atoms with Gasteiger partial charge in [0.05, 0.1) is 12.2 Å². The van der Waals surface area contributed by atoms with E-state index in [2.05, 4.69) is 15.5 Å². The van der Waals surface area contributed by atoms with Crippen molar-refractivity contribution < 1.29 is 19.2 Å². The van der Waals surface area contributed by atoms with E-state index in [9.17, 15) is 9.59 Å². The van der Waals surface area contributed by atoms with E-state index in [4.69, 9.17) is 9.63 Å². The molecule has 2 aromatic rings. The van der Waals surface area contributed by atoms with Crippen LogP contribution in [0.25, 0.3) is 0 Å². The molecule has 7 nitrogen and oxygen atoms in total. The van der Waals surface area contributed by atoms with Gasteiger partial charge in [0.1, 0.15) is 5.01 Å². The van der Waals surface area contributed by atoms with Crippen molar-refractivity contribution >= 4 is 23.2 Å². The largest absolute Gasteiger partial charge is 0.476 e. The van der Waals surface area contributed by atoms with E-state index in [0.29, 0.717) is 10.7 Å². The van der Waals surface area contributed by atoms with Gasteiger partial charge in [0.2, 0.25) is 5.76 Å². The lowest BCUT2D eigenvalue weighted by atomic mass is 10.3. The van der Waals surface area contributed by atoms with Gasteiger partial charge in [-0.15, -0.1) is 11.3 Å². The number of aromatic carboxylic acids is 1. The Morgan fingerprint density at radius 3 is 2.89 bits per heavy atom. The van der Waals surface area contributed by atoms with Crippen molar-refractivity contribution in [1.29, 1.82) is 0 Å². The molecule has 18 heavy (non-hydrogen) atoms. The fourth-order valence-electron chi connectivity index (χ4n) is 1.20. The number of carbonyl (C=O) groups is 2. The molecule has 2 N–H and O–H groups in total. The van der Waals surface area contributed by atoms with Crippen LogP contribution >= 0.6 is 11.3 Å². The highest BCUT2D eigenvalue weighted by atomic mass is 32.1. The van der Waals surface area contributed by atoms with Crippen LogP contribution in [0.1, 0.15) is 31.7 Å².